The van der Waals surface area contributed by atoms with Crippen LogP contribution < -0.4 is 10.6 Å². The molecule has 4 rings (SSSR count). The summed E-state index contributed by atoms with van der Waals surface area (Å²) in [6.45, 7) is 0.644. The molecular weight excluding hydrogens is 396 g/mol. The number of halogens is 2. The molecule has 1 aliphatic heterocycles. The summed E-state index contributed by atoms with van der Waals surface area (Å²) in [5.41, 5.74) is 6.63. The van der Waals surface area contributed by atoms with Crippen LogP contribution >= 0.6 is 28.3 Å². The lowest BCUT2D eigenvalue weighted by atomic mass is 9.77. The summed E-state index contributed by atoms with van der Waals surface area (Å²) < 4.78 is 6.30. The van der Waals surface area contributed by atoms with Crippen LogP contribution in [0.1, 0.15) is 43.3 Å². The second-order valence-electron chi connectivity index (χ2n) is 6.28. The summed E-state index contributed by atoms with van der Waals surface area (Å²) >= 11 is 3.44. The Kier molecular flexibility index (Phi) is 4.68. The first-order chi connectivity index (χ1) is 11.1. The molecule has 0 spiro atoms. The lowest BCUT2D eigenvalue weighted by Gasteiger charge is -2.34. The van der Waals surface area contributed by atoms with Crippen molar-refractivity contribution < 1.29 is 9.32 Å². The molecule has 6 nitrogen and oxygen atoms in total. The Labute approximate surface area is 154 Å². The van der Waals surface area contributed by atoms with Crippen molar-refractivity contribution in [2.24, 2.45) is 5.73 Å². The molecule has 1 saturated heterocycles. The third kappa shape index (κ3) is 2.85. The monoisotopic (exact) mass is 412 g/mol. The fraction of sp³-hybridized carbons (Fsp3) is 0.438. The number of anilines is 1. The molecule has 1 aliphatic carbocycles. The van der Waals surface area contributed by atoms with Gasteiger partial charge in [0.05, 0.1) is 5.54 Å². The summed E-state index contributed by atoms with van der Waals surface area (Å²) in [6, 6.07) is 7.71. The molecule has 1 amide bonds. The van der Waals surface area contributed by atoms with Crippen LogP contribution in [0.3, 0.4) is 0 Å². The lowest BCUT2D eigenvalue weighted by Crippen LogP contribution is -2.44. The van der Waals surface area contributed by atoms with Gasteiger partial charge in [-0.25, -0.2) is 0 Å². The van der Waals surface area contributed by atoms with Crippen molar-refractivity contribution in [2.45, 2.75) is 37.1 Å². The van der Waals surface area contributed by atoms with Crippen molar-refractivity contribution >= 4 is 39.9 Å². The molecule has 8 heteroatoms. The van der Waals surface area contributed by atoms with E-state index in [-0.39, 0.29) is 24.2 Å². The molecule has 2 fully saturated rings. The molecule has 2 aliphatic rings. The van der Waals surface area contributed by atoms with Gasteiger partial charge < -0.3 is 15.2 Å². The molecule has 1 saturated carbocycles. The van der Waals surface area contributed by atoms with E-state index < -0.39 is 5.54 Å². The minimum Gasteiger partial charge on any atom is -0.338 e. The van der Waals surface area contributed by atoms with Crippen LogP contribution in [0, 0.1) is 0 Å². The van der Waals surface area contributed by atoms with Gasteiger partial charge in [-0.05, 0) is 43.9 Å². The van der Waals surface area contributed by atoms with E-state index >= 15 is 0 Å². The van der Waals surface area contributed by atoms with E-state index in [0.29, 0.717) is 24.7 Å². The molecule has 2 heterocycles. The van der Waals surface area contributed by atoms with E-state index in [1.54, 1.807) is 4.90 Å². The number of rotatable bonds is 3. The van der Waals surface area contributed by atoms with Crippen molar-refractivity contribution in [2.75, 3.05) is 11.4 Å². The standard InChI is InChI=1S/C16H17BrN4O2.ClH/c17-10-3-1-4-11(9-10)21-8-5-12(14(21)22)13-19-15(20-23-13)16(18)6-2-7-16;/h1,3-4,9,12H,2,5-8,18H2;1H. The van der Waals surface area contributed by atoms with E-state index in [2.05, 4.69) is 26.1 Å². The first kappa shape index (κ1) is 17.4. The molecule has 1 unspecified atom stereocenters. The highest BCUT2D eigenvalue weighted by Crippen LogP contribution is 2.38. The average Bonchev–Trinajstić information content (AvgIpc) is 3.11. The van der Waals surface area contributed by atoms with Crippen LogP contribution in [0.5, 0.6) is 0 Å². The van der Waals surface area contributed by atoms with Crippen LogP contribution in [0.2, 0.25) is 0 Å². The number of carbonyl (C=O) groups is 1. The fourth-order valence-corrected chi connectivity index (χ4v) is 3.56. The molecule has 2 N–H and O–H groups in total. The van der Waals surface area contributed by atoms with Gasteiger partial charge in [-0.3, -0.25) is 4.79 Å². The van der Waals surface area contributed by atoms with Gasteiger partial charge in [0, 0.05) is 16.7 Å². The SMILES string of the molecule is Cl.NC1(c2noc(C3CCN(c4cccc(Br)c4)C3=O)n2)CCC1. The highest BCUT2D eigenvalue weighted by Gasteiger charge is 2.42. The summed E-state index contributed by atoms with van der Waals surface area (Å²) in [5, 5.41) is 4.01. The van der Waals surface area contributed by atoms with Gasteiger partial charge in [0.25, 0.3) is 0 Å². The third-order valence-electron chi connectivity index (χ3n) is 4.76. The Hall–Kier alpha value is -1.44. The molecule has 24 heavy (non-hydrogen) atoms. The van der Waals surface area contributed by atoms with E-state index in [1.165, 1.54) is 0 Å². The molecule has 128 valence electrons. The number of amides is 1. The summed E-state index contributed by atoms with van der Waals surface area (Å²) in [6.07, 6.45) is 3.49. The third-order valence-corrected chi connectivity index (χ3v) is 5.25. The van der Waals surface area contributed by atoms with Gasteiger partial charge in [-0.2, -0.15) is 4.98 Å². The van der Waals surface area contributed by atoms with E-state index in [4.69, 9.17) is 10.3 Å². The second-order valence-corrected chi connectivity index (χ2v) is 7.19. The zero-order chi connectivity index (χ0) is 16.0. The Bertz CT molecular complexity index is 762. The molecular formula is C16H18BrClN4O2. The van der Waals surface area contributed by atoms with E-state index in [1.807, 2.05) is 24.3 Å². The van der Waals surface area contributed by atoms with Crippen molar-refractivity contribution in [3.05, 3.63) is 40.5 Å². The van der Waals surface area contributed by atoms with Gasteiger partial charge in [0.2, 0.25) is 11.8 Å². The maximum Gasteiger partial charge on any atom is 0.239 e. The van der Waals surface area contributed by atoms with Gasteiger partial charge in [-0.1, -0.05) is 27.2 Å². The first-order valence-corrected chi connectivity index (χ1v) is 8.56. The first-order valence-electron chi connectivity index (χ1n) is 7.77. The lowest BCUT2D eigenvalue weighted by molar-refractivity contribution is -0.118. The second kappa shape index (κ2) is 6.46. The number of carbonyl (C=O) groups excluding carboxylic acids is 1. The molecule has 2 aromatic rings. The van der Waals surface area contributed by atoms with E-state index in [9.17, 15) is 4.79 Å². The van der Waals surface area contributed by atoms with Gasteiger partial charge in [-0.15, -0.1) is 12.4 Å². The maximum absolute atomic E-state index is 12.7. The zero-order valence-corrected chi connectivity index (χ0v) is 15.3. The molecule has 1 aromatic heterocycles. The van der Waals surface area contributed by atoms with Crippen molar-refractivity contribution in [1.29, 1.82) is 0 Å². The summed E-state index contributed by atoms with van der Waals surface area (Å²) in [5.74, 6) is 0.545. The van der Waals surface area contributed by atoms with Crippen molar-refractivity contribution in [3.63, 3.8) is 0 Å². The molecule has 0 radical (unpaired) electrons. The Morgan fingerprint density at radius 2 is 2.17 bits per heavy atom. The van der Waals surface area contributed by atoms with Crippen molar-refractivity contribution in [1.82, 2.24) is 10.1 Å². The van der Waals surface area contributed by atoms with Crippen LogP contribution in [-0.4, -0.2) is 22.6 Å². The van der Waals surface area contributed by atoms with E-state index in [0.717, 1.165) is 29.4 Å². The molecule has 0 bridgehead atoms. The summed E-state index contributed by atoms with van der Waals surface area (Å²) in [7, 11) is 0. The van der Waals surface area contributed by atoms with Crippen LogP contribution in [0.15, 0.2) is 33.3 Å². The van der Waals surface area contributed by atoms with Gasteiger partial charge in [0.15, 0.2) is 5.82 Å². The maximum atomic E-state index is 12.7. The molecule has 1 atom stereocenters. The van der Waals surface area contributed by atoms with Crippen LogP contribution in [0.4, 0.5) is 5.69 Å². The highest BCUT2D eigenvalue weighted by molar-refractivity contribution is 9.10. The largest absolute Gasteiger partial charge is 0.338 e. The Morgan fingerprint density at radius 3 is 2.83 bits per heavy atom. The van der Waals surface area contributed by atoms with Crippen LogP contribution in [0.25, 0.3) is 0 Å². The number of hydrogen-bond acceptors (Lipinski definition) is 5. The Morgan fingerprint density at radius 1 is 1.38 bits per heavy atom. The average molecular weight is 414 g/mol. The number of aromatic nitrogens is 2. The smallest absolute Gasteiger partial charge is 0.239 e. The van der Waals surface area contributed by atoms with Gasteiger partial charge >= 0.3 is 0 Å². The normalized spacial score (nSPS) is 22.2. The molecule has 1 aromatic carbocycles. The predicted octanol–water partition coefficient (Wildman–Crippen LogP) is 3.11. The Balaban J connectivity index is 0.00000169. The number of hydrogen-bond donors (Lipinski definition) is 1. The zero-order valence-electron chi connectivity index (χ0n) is 12.9. The minimum atomic E-state index is -0.465. The topological polar surface area (TPSA) is 85.2 Å². The fourth-order valence-electron chi connectivity index (χ4n) is 3.17. The van der Waals surface area contributed by atoms with Crippen molar-refractivity contribution in [3.8, 4) is 0 Å². The predicted molar refractivity (Wildman–Crippen MR) is 95.1 cm³/mol. The number of benzene rings is 1. The van der Waals surface area contributed by atoms with Gasteiger partial charge in [0.1, 0.15) is 5.92 Å². The number of nitrogens with zero attached hydrogens (tertiary/aromatic N) is 3. The summed E-state index contributed by atoms with van der Waals surface area (Å²) in [4.78, 5) is 18.9. The number of nitrogens with two attached hydrogens (primary N) is 1. The minimum absolute atomic E-state index is 0. The highest BCUT2D eigenvalue weighted by atomic mass is 79.9. The van der Waals surface area contributed by atoms with Crippen LogP contribution in [-0.2, 0) is 10.3 Å². The quantitative estimate of drug-likeness (QED) is 0.835.